The predicted molar refractivity (Wildman–Crippen MR) is 71.5 cm³/mol. The van der Waals surface area contributed by atoms with Gasteiger partial charge in [0.1, 0.15) is 5.82 Å². The Morgan fingerprint density at radius 1 is 1.39 bits per heavy atom. The molecule has 4 nitrogen and oxygen atoms in total. The number of hydrogen-bond donors (Lipinski definition) is 1. The number of aromatic nitrogens is 2. The third-order valence-electron chi connectivity index (χ3n) is 3.38. The molecule has 2 N–H and O–H groups in total. The van der Waals surface area contributed by atoms with E-state index < -0.39 is 0 Å². The van der Waals surface area contributed by atoms with Gasteiger partial charge < -0.3 is 10.5 Å². The van der Waals surface area contributed by atoms with Gasteiger partial charge in [0.25, 0.3) is 0 Å². The molecule has 4 heteroatoms. The van der Waals surface area contributed by atoms with Crippen LogP contribution in [0.25, 0.3) is 0 Å². The Morgan fingerprint density at radius 2 is 2.11 bits per heavy atom. The van der Waals surface area contributed by atoms with E-state index in [4.69, 9.17) is 15.5 Å². The van der Waals surface area contributed by atoms with Crippen molar-refractivity contribution in [3.8, 4) is 0 Å². The summed E-state index contributed by atoms with van der Waals surface area (Å²) in [5.74, 6) is 1.48. The normalized spacial score (nSPS) is 18.8. The van der Waals surface area contributed by atoms with Crippen LogP contribution < -0.4 is 5.73 Å². The lowest BCUT2D eigenvalue weighted by Gasteiger charge is -2.22. The molecule has 1 aliphatic heterocycles. The third kappa shape index (κ3) is 3.75. The van der Waals surface area contributed by atoms with E-state index in [0.717, 1.165) is 50.4 Å². The second-order valence-corrected chi connectivity index (χ2v) is 5.25. The van der Waals surface area contributed by atoms with Gasteiger partial charge in [-0.3, -0.25) is 0 Å². The van der Waals surface area contributed by atoms with Crippen molar-refractivity contribution in [3.05, 3.63) is 23.3 Å². The number of ether oxygens (including phenoxy) is 1. The zero-order chi connectivity index (χ0) is 13.0. The van der Waals surface area contributed by atoms with Gasteiger partial charge >= 0.3 is 0 Å². The van der Waals surface area contributed by atoms with Crippen LogP contribution in [0.5, 0.6) is 0 Å². The van der Waals surface area contributed by atoms with E-state index in [2.05, 4.69) is 11.1 Å². The summed E-state index contributed by atoms with van der Waals surface area (Å²) in [6.45, 7) is 5.76. The molecule has 0 bridgehead atoms. The van der Waals surface area contributed by atoms with Crippen molar-refractivity contribution >= 4 is 0 Å². The minimum Gasteiger partial charge on any atom is -0.381 e. The van der Waals surface area contributed by atoms with Gasteiger partial charge in [-0.2, -0.15) is 0 Å². The molecule has 2 heterocycles. The number of hydrogen-bond acceptors (Lipinski definition) is 4. The highest BCUT2D eigenvalue weighted by Gasteiger charge is 2.18. The molecule has 1 aromatic heterocycles. The molecule has 0 spiro atoms. The smallest absolute Gasteiger partial charge is 0.128 e. The minimum atomic E-state index is 0.209. The first kappa shape index (κ1) is 13.4. The van der Waals surface area contributed by atoms with Gasteiger partial charge in [-0.25, -0.2) is 9.97 Å². The van der Waals surface area contributed by atoms with Crippen LogP contribution in [0.1, 0.15) is 49.3 Å². The van der Waals surface area contributed by atoms with Gasteiger partial charge in [0.05, 0.1) is 0 Å². The van der Waals surface area contributed by atoms with Crippen LogP contribution in [-0.4, -0.2) is 29.2 Å². The Morgan fingerprint density at radius 3 is 2.78 bits per heavy atom. The van der Waals surface area contributed by atoms with Crippen molar-refractivity contribution in [2.24, 2.45) is 5.73 Å². The number of nitrogens with zero attached hydrogens (tertiary/aromatic N) is 2. The Balaban J connectivity index is 2.09. The topological polar surface area (TPSA) is 61.0 Å². The van der Waals surface area contributed by atoms with Crippen LogP contribution in [0.15, 0.2) is 6.07 Å². The number of nitrogens with two attached hydrogens (primary N) is 1. The molecule has 1 saturated heterocycles. The van der Waals surface area contributed by atoms with Gasteiger partial charge in [0.15, 0.2) is 0 Å². The molecule has 0 aromatic carbocycles. The summed E-state index contributed by atoms with van der Waals surface area (Å²) in [5, 5.41) is 0. The molecule has 18 heavy (non-hydrogen) atoms. The van der Waals surface area contributed by atoms with Crippen LogP contribution in [0.3, 0.4) is 0 Å². The maximum absolute atomic E-state index is 5.79. The van der Waals surface area contributed by atoms with Crippen molar-refractivity contribution in [2.75, 3.05) is 13.2 Å². The summed E-state index contributed by atoms with van der Waals surface area (Å²) in [6, 6.07) is 2.33. The maximum Gasteiger partial charge on any atom is 0.128 e. The van der Waals surface area contributed by atoms with Crippen molar-refractivity contribution in [1.82, 2.24) is 9.97 Å². The lowest BCUT2D eigenvalue weighted by Crippen LogP contribution is -2.18. The predicted octanol–water partition coefficient (Wildman–Crippen LogP) is 1.96. The lowest BCUT2D eigenvalue weighted by atomic mass is 9.96. The average molecular weight is 249 g/mol. The Hall–Kier alpha value is -1.00. The highest BCUT2D eigenvalue weighted by atomic mass is 16.5. The molecule has 0 amide bonds. The zero-order valence-electron chi connectivity index (χ0n) is 11.4. The monoisotopic (exact) mass is 249 g/mol. The molecule has 1 unspecified atom stereocenters. The molecular weight excluding hydrogens is 226 g/mol. The fourth-order valence-electron chi connectivity index (χ4n) is 2.33. The molecule has 1 aromatic rings. The first-order valence-corrected chi connectivity index (χ1v) is 6.83. The van der Waals surface area contributed by atoms with Gasteiger partial charge in [-0.1, -0.05) is 0 Å². The Kier molecular flexibility index (Phi) is 4.66. The summed E-state index contributed by atoms with van der Waals surface area (Å²) in [7, 11) is 0. The van der Waals surface area contributed by atoms with E-state index in [1.165, 1.54) is 5.69 Å². The first-order chi connectivity index (χ1) is 8.65. The highest BCUT2D eigenvalue weighted by molar-refractivity contribution is 5.15. The molecule has 0 saturated carbocycles. The van der Waals surface area contributed by atoms with Crippen LogP contribution in [0, 0.1) is 6.92 Å². The van der Waals surface area contributed by atoms with Crippen LogP contribution in [0.2, 0.25) is 0 Å². The van der Waals surface area contributed by atoms with Crippen molar-refractivity contribution in [1.29, 1.82) is 0 Å². The van der Waals surface area contributed by atoms with Gasteiger partial charge in [0.2, 0.25) is 0 Å². The van der Waals surface area contributed by atoms with Crippen LogP contribution in [-0.2, 0) is 11.2 Å². The molecule has 2 rings (SSSR count). The number of aryl methyl sites for hydroxylation is 2. The Labute approximate surface area is 109 Å². The zero-order valence-corrected chi connectivity index (χ0v) is 11.4. The van der Waals surface area contributed by atoms with Gasteiger partial charge in [-0.05, 0) is 39.2 Å². The molecule has 1 fully saturated rings. The quantitative estimate of drug-likeness (QED) is 0.886. The summed E-state index contributed by atoms with van der Waals surface area (Å²) in [5.41, 5.74) is 8.03. The summed E-state index contributed by atoms with van der Waals surface area (Å²) >= 11 is 0. The molecular formula is C14H23N3O. The van der Waals surface area contributed by atoms with Crippen molar-refractivity contribution in [2.45, 2.75) is 51.5 Å². The summed E-state index contributed by atoms with van der Waals surface area (Å²) < 4.78 is 5.40. The largest absolute Gasteiger partial charge is 0.381 e. The SMILES string of the molecule is Cc1cc(C2CCOCC2)nc(CCC(C)N)n1. The minimum absolute atomic E-state index is 0.209. The van der Waals surface area contributed by atoms with E-state index in [0.29, 0.717) is 5.92 Å². The van der Waals surface area contributed by atoms with Crippen molar-refractivity contribution < 1.29 is 4.74 Å². The second-order valence-electron chi connectivity index (χ2n) is 5.25. The third-order valence-corrected chi connectivity index (χ3v) is 3.38. The highest BCUT2D eigenvalue weighted by Crippen LogP contribution is 2.25. The standard InChI is InChI=1S/C14H23N3O/c1-10(15)3-4-14-16-11(2)9-13(17-14)12-5-7-18-8-6-12/h9-10,12H,3-8,15H2,1-2H3. The van der Waals surface area contributed by atoms with Crippen LogP contribution in [0.4, 0.5) is 0 Å². The summed E-state index contributed by atoms with van der Waals surface area (Å²) in [6.07, 6.45) is 3.96. The lowest BCUT2D eigenvalue weighted by molar-refractivity contribution is 0.0844. The van der Waals surface area contributed by atoms with E-state index in [1.807, 2.05) is 13.8 Å². The Bertz CT molecular complexity index is 387. The van der Waals surface area contributed by atoms with E-state index in [9.17, 15) is 0 Å². The molecule has 0 aliphatic carbocycles. The summed E-state index contributed by atoms with van der Waals surface area (Å²) in [4.78, 5) is 9.21. The first-order valence-electron chi connectivity index (χ1n) is 6.83. The van der Waals surface area contributed by atoms with Gasteiger partial charge in [-0.15, -0.1) is 0 Å². The van der Waals surface area contributed by atoms with E-state index in [1.54, 1.807) is 0 Å². The molecule has 1 atom stereocenters. The average Bonchev–Trinajstić information content (AvgIpc) is 2.37. The van der Waals surface area contributed by atoms with E-state index in [-0.39, 0.29) is 6.04 Å². The molecule has 0 radical (unpaired) electrons. The molecule has 1 aliphatic rings. The second kappa shape index (κ2) is 6.25. The molecule has 100 valence electrons. The van der Waals surface area contributed by atoms with Crippen LogP contribution >= 0.6 is 0 Å². The van der Waals surface area contributed by atoms with Crippen molar-refractivity contribution in [3.63, 3.8) is 0 Å². The maximum atomic E-state index is 5.79. The van der Waals surface area contributed by atoms with Gasteiger partial charge in [0, 0.05) is 43.0 Å². The fourth-order valence-corrected chi connectivity index (χ4v) is 2.33. The fraction of sp³-hybridized carbons (Fsp3) is 0.714. The number of rotatable bonds is 4. The van der Waals surface area contributed by atoms with E-state index >= 15 is 0 Å².